The first-order valence-electron chi connectivity index (χ1n) is 9.01. The Bertz CT molecular complexity index is 1200. The Hall–Kier alpha value is -3.42. The van der Waals surface area contributed by atoms with Crippen LogP contribution in [0.3, 0.4) is 0 Å². The highest BCUT2D eigenvalue weighted by Crippen LogP contribution is 2.20. The van der Waals surface area contributed by atoms with Gasteiger partial charge in [0.1, 0.15) is 12.1 Å². The van der Waals surface area contributed by atoms with Gasteiger partial charge in [-0.15, -0.1) is 5.10 Å². The van der Waals surface area contributed by atoms with Crippen molar-refractivity contribution in [1.82, 2.24) is 28.7 Å². The number of hydrogen-bond donors (Lipinski definition) is 0. The van der Waals surface area contributed by atoms with Gasteiger partial charge in [-0.1, -0.05) is 30.3 Å². The van der Waals surface area contributed by atoms with Crippen molar-refractivity contribution < 1.29 is 4.79 Å². The van der Waals surface area contributed by atoms with Gasteiger partial charge >= 0.3 is 5.69 Å². The molecule has 1 aliphatic rings. The number of carbonyl (C=O) groups excluding carboxylic acids is 1. The van der Waals surface area contributed by atoms with Crippen molar-refractivity contribution in [1.29, 1.82) is 0 Å². The highest BCUT2D eigenvalue weighted by atomic mass is 16.2. The van der Waals surface area contributed by atoms with Crippen LogP contribution in [-0.2, 0) is 11.3 Å². The van der Waals surface area contributed by atoms with Crippen molar-refractivity contribution in [3.63, 3.8) is 0 Å². The normalized spacial score (nSPS) is 14.4. The number of aromatic nitrogens is 5. The van der Waals surface area contributed by atoms with Crippen molar-refractivity contribution in [3.8, 4) is 11.3 Å². The first kappa shape index (κ1) is 15.8. The van der Waals surface area contributed by atoms with Gasteiger partial charge < -0.3 is 4.90 Å². The van der Waals surface area contributed by atoms with Crippen molar-refractivity contribution in [2.24, 2.45) is 0 Å². The summed E-state index contributed by atoms with van der Waals surface area (Å²) in [6.45, 7) is 1.48. The van der Waals surface area contributed by atoms with Gasteiger partial charge in [-0.05, 0) is 18.9 Å². The molecule has 1 saturated heterocycles. The van der Waals surface area contributed by atoms with Gasteiger partial charge in [0.05, 0.1) is 5.69 Å². The minimum atomic E-state index is -0.317. The first-order chi connectivity index (χ1) is 13.2. The molecule has 0 aliphatic carbocycles. The Kier molecular flexibility index (Phi) is 3.56. The summed E-state index contributed by atoms with van der Waals surface area (Å²) >= 11 is 0. The fourth-order valence-corrected chi connectivity index (χ4v) is 3.58. The highest BCUT2D eigenvalue weighted by molar-refractivity contribution is 5.78. The monoisotopic (exact) mass is 362 g/mol. The third-order valence-electron chi connectivity index (χ3n) is 5.01. The number of nitrogens with zero attached hydrogens (tertiary/aromatic N) is 6. The van der Waals surface area contributed by atoms with Crippen molar-refractivity contribution in [3.05, 3.63) is 59.3 Å². The van der Waals surface area contributed by atoms with E-state index in [9.17, 15) is 9.59 Å². The molecule has 27 heavy (non-hydrogen) atoms. The van der Waals surface area contributed by atoms with Gasteiger partial charge in [0.15, 0.2) is 5.65 Å². The number of rotatable bonds is 3. The van der Waals surface area contributed by atoms with Crippen LogP contribution < -0.4 is 5.69 Å². The van der Waals surface area contributed by atoms with E-state index in [4.69, 9.17) is 0 Å². The molecule has 8 nitrogen and oxygen atoms in total. The van der Waals surface area contributed by atoms with Crippen LogP contribution in [0.2, 0.25) is 0 Å². The Balaban J connectivity index is 1.58. The van der Waals surface area contributed by atoms with Crippen LogP contribution in [0.1, 0.15) is 12.8 Å². The van der Waals surface area contributed by atoms with Crippen LogP contribution in [0.4, 0.5) is 0 Å². The van der Waals surface area contributed by atoms with Gasteiger partial charge in [0.2, 0.25) is 5.91 Å². The maximum absolute atomic E-state index is 12.7. The fourth-order valence-electron chi connectivity index (χ4n) is 3.58. The molecule has 0 radical (unpaired) electrons. The molecule has 4 aromatic rings. The second-order valence-corrected chi connectivity index (χ2v) is 6.75. The van der Waals surface area contributed by atoms with Gasteiger partial charge in [-0.3, -0.25) is 4.79 Å². The minimum absolute atomic E-state index is 0.0354. The molecule has 3 aromatic heterocycles. The molecule has 1 amide bonds. The van der Waals surface area contributed by atoms with E-state index in [1.165, 1.54) is 9.08 Å². The Morgan fingerprint density at radius 1 is 1.04 bits per heavy atom. The van der Waals surface area contributed by atoms with E-state index >= 15 is 0 Å². The average Bonchev–Trinajstić information content (AvgIpc) is 3.42. The average molecular weight is 362 g/mol. The van der Waals surface area contributed by atoms with Crippen LogP contribution >= 0.6 is 0 Å². The molecule has 0 N–H and O–H groups in total. The zero-order chi connectivity index (χ0) is 18.4. The molecule has 8 heteroatoms. The van der Waals surface area contributed by atoms with Crippen molar-refractivity contribution in [2.45, 2.75) is 19.4 Å². The molecule has 0 unspecified atom stereocenters. The number of hydrogen-bond acceptors (Lipinski definition) is 4. The highest BCUT2D eigenvalue weighted by Gasteiger charge is 2.21. The molecule has 4 heterocycles. The van der Waals surface area contributed by atoms with E-state index in [0.717, 1.165) is 42.7 Å². The Morgan fingerprint density at radius 3 is 2.59 bits per heavy atom. The van der Waals surface area contributed by atoms with Crippen LogP contribution in [0.15, 0.2) is 53.6 Å². The third-order valence-corrected chi connectivity index (χ3v) is 5.01. The third kappa shape index (κ3) is 2.61. The summed E-state index contributed by atoms with van der Waals surface area (Å²) in [5.74, 6) is -0.0625. The Morgan fingerprint density at radius 2 is 1.81 bits per heavy atom. The molecular weight excluding hydrogens is 344 g/mol. The summed E-state index contributed by atoms with van der Waals surface area (Å²) in [6, 6.07) is 11.7. The van der Waals surface area contributed by atoms with Crippen LogP contribution in [0.5, 0.6) is 0 Å². The second-order valence-electron chi connectivity index (χ2n) is 6.75. The van der Waals surface area contributed by atoms with E-state index in [1.54, 1.807) is 21.8 Å². The molecule has 0 atom stereocenters. The predicted octanol–water partition coefficient (Wildman–Crippen LogP) is 1.43. The molecule has 5 rings (SSSR count). The molecule has 0 saturated carbocycles. The topological polar surface area (TPSA) is 76.9 Å². The number of fused-ring (bicyclic) bond motifs is 3. The van der Waals surface area contributed by atoms with E-state index in [1.807, 2.05) is 36.4 Å². The van der Waals surface area contributed by atoms with Crippen LogP contribution in [0, 0.1) is 0 Å². The van der Waals surface area contributed by atoms with E-state index in [-0.39, 0.29) is 18.1 Å². The lowest BCUT2D eigenvalue weighted by Gasteiger charge is -2.14. The van der Waals surface area contributed by atoms with Gasteiger partial charge in [0.25, 0.3) is 0 Å². The largest absolute Gasteiger partial charge is 0.350 e. The van der Waals surface area contributed by atoms with E-state index in [2.05, 4.69) is 10.2 Å². The quantitative estimate of drug-likeness (QED) is 0.552. The zero-order valence-electron chi connectivity index (χ0n) is 14.7. The summed E-state index contributed by atoms with van der Waals surface area (Å²) in [5, 5.41) is 8.99. The van der Waals surface area contributed by atoms with E-state index in [0.29, 0.717) is 5.65 Å². The molecule has 136 valence electrons. The van der Waals surface area contributed by atoms with Crippen molar-refractivity contribution >= 4 is 17.1 Å². The lowest BCUT2D eigenvalue weighted by atomic mass is 10.1. The lowest BCUT2D eigenvalue weighted by molar-refractivity contribution is -0.131. The van der Waals surface area contributed by atoms with Gasteiger partial charge in [-0.25, -0.2) is 18.4 Å². The summed E-state index contributed by atoms with van der Waals surface area (Å²) < 4.78 is 4.41. The minimum Gasteiger partial charge on any atom is -0.341 e. The molecular formula is C19H18N6O2. The smallest absolute Gasteiger partial charge is 0.341 e. The van der Waals surface area contributed by atoms with Crippen LogP contribution in [0.25, 0.3) is 22.4 Å². The maximum atomic E-state index is 12.7. The summed E-state index contributed by atoms with van der Waals surface area (Å²) in [5.41, 5.74) is 2.69. The summed E-state index contributed by atoms with van der Waals surface area (Å²) in [6.07, 6.45) is 5.40. The molecule has 1 aliphatic heterocycles. The Labute approximate surface area is 154 Å². The van der Waals surface area contributed by atoms with Crippen LogP contribution in [-0.4, -0.2) is 47.7 Å². The second kappa shape index (κ2) is 6.08. The summed E-state index contributed by atoms with van der Waals surface area (Å²) in [4.78, 5) is 26.8. The lowest BCUT2D eigenvalue weighted by Crippen LogP contribution is -2.34. The number of carbonyl (C=O) groups is 1. The number of likely N-dealkylation sites (tertiary alicyclic amines) is 1. The molecule has 1 aromatic carbocycles. The first-order valence-corrected chi connectivity index (χ1v) is 9.01. The van der Waals surface area contributed by atoms with Crippen molar-refractivity contribution in [2.75, 3.05) is 13.1 Å². The van der Waals surface area contributed by atoms with Gasteiger partial charge in [-0.2, -0.15) is 5.10 Å². The summed E-state index contributed by atoms with van der Waals surface area (Å²) in [7, 11) is 0. The fraction of sp³-hybridized carbons (Fsp3) is 0.263. The standard InChI is InChI=1S/C19H18N6O2/c26-17(22-8-4-5-9-22)13-25-19(27)23-10-11-24-16(18(23)21-25)12-15(20-24)14-6-2-1-3-7-14/h1-3,6-7,10-12H,4-5,8-9,13H2. The maximum Gasteiger partial charge on any atom is 0.350 e. The number of benzene rings is 1. The zero-order valence-corrected chi connectivity index (χ0v) is 14.7. The molecule has 0 bridgehead atoms. The molecule has 1 fully saturated rings. The predicted molar refractivity (Wildman–Crippen MR) is 99.5 cm³/mol. The van der Waals surface area contributed by atoms with Gasteiger partial charge in [0, 0.05) is 31.0 Å². The van der Waals surface area contributed by atoms with E-state index < -0.39 is 0 Å². The molecule has 0 spiro atoms. The SMILES string of the molecule is O=C(Cn1nc2c3cc(-c4ccccc4)nn3ccn2c1=O)N1CCCC1. The number of amides is 1.